The standard InChI is InChI=1S/C9H16OS/c1-3-4-5-8-7(2)6-9(10)11-8/h7-8H,3-6H2,1-2H3/t7-,8+/m1/s1. The van der Waals surface area contributed by atoms with Gasteiger partial charge < -0.3 is 0 Å². The van der Waals surface area contributed by atoms with Crippen molar-refractivity contribution in [2.45, 2.75) is 44.8 Å². The zero-order valence-corrected chi connectivity index (χ0v) is 8.12. The minimum Gasteiger partial charge on any atom is -0.287 e. The molecular weight excluding hydrogens is 156 g/mol. The average molecular weight is 172 g/mol. The van der Waals surface area contributed by atoms with E-state index in [1.807, 2.05) is 0 Å². The zero-order chi connectivity index (χ0) is 8.27. The Hall–Kier alpha value is 0.0200. The van der Waals surface area contributed by atoms with E-state index in [-0.39, 0.29) is 0 Å². The number of rotatable bonds is 3. The van der Waals surface area contributed by atoms with Crippen LogP contribution in [0.5, 0.6) is 0 Å². The molecule has 0 bridgehead atoms. The van der Waals surface area contributed by atoms with Crippen LogP contribution >= 0.6 is 11.8 Å². The first-order chi connectivity index (χ1) is 5.24. The van der Waals surface area contributed by atoms with Crippen molar-refractivity contribution in [3.63, 3.8) is 0 Å². The third-order valence-corrected chi connectivity index (χ3v) is 3.68. The van der Waals surface area contributed by atoms with Crippen molar-refractivity contribution in [2.75, 3.05) is 0 Å². The van der Waals surface area contributed by atoms with Gasteiger partial charge in [0, 0.05) is 11.7 Å². The van der Waals surface area contributed by atoms with E-state index in [0.29, 0.717) is 16.3 Å². The second-order valence-corrected chi connectivity index (χ2v) is 4.65. The molecule has 0 aromatic rings. The Kier molecular flexibility index (Phi) is 3.44. The van der Waals surface area contributed by atoms with Gasteiger partial charge in [0.2, 0.25) is 0 Å². The first kappa shape index (κ1) is 9.11. The summed E-state index contributed by atoms with van der Waals surface area (Å²) >= 11 is 1.57. The van der Waals surface area contributed by atoms with Gasteiger partial charge in [-0.15, -0.1) is 0 Å². The predicted octanol–water partition coefficient (Wildman–Crippen LogP) is 2.84. The molecule has 1 saturated heterocycles. The molecule has 11 heavy (non-hydrogen) atoms. The maximum atomic E-state index is 11.0. The molecule has 1 heterocycles. The van der Waals surface area contributed by atoms with Crippen LogP contribution in [0.2, 0.25) is 0 Å². The molecule has 1 aliphatic rings. The summed E-state index contributed by atoms with van der Waals surface area (Å²) in [6, 6.07) is 0. The monoisotopic (exact) mass is 172 g/mol. The smallest absolute Gasteiger partial charge is 0.189 e. The largest absolute Gasteiger partial charge is 0.287 e. The summed E-state index contributed by atoms with van der Waals surface area (Å²) < 4.78 is 0. The molecule has 2 atom stereocenters. The maximum Gasteiger partial charge on any atom is 0.189 e. The third-order valence-electron chi connectivity index (χ3n) is 2.25. The van der Waals surface area contributed by atoms with Crippen LogP contribution in [0.1, 0.15) is 39.5 Å². The van der Waals surface area contributed by atoms with Gasteiger partial charge in [0.25, 0.3) is 0 Å². The van der Waals surface area contributed by atoms with Crippen molar-refractivity contribution in [3.8, 4) is 0 Å². The van der Waals surface area contributed by atoms with E-state index in [9.17, 15) is 4.79 Å². The van der Waals surface area contributed by atoms with E-state index in [4.69, 9.17) is 0 Å². The molecular formula is C9H16OS. The van der Waals surface area contributed by atoms with E-state index in [0.717, 1.165) is 6.42 Å². The number of hydrogen-bond acceptors (Lipinski definition) is 2. The first-order valence-corrected chi connectivity index (χ1v) is 5.31. The zero-order valence-electron chi connectivity index (χ0n) is 7.30. The summed E-state index contributed by atoms with van der Waals surface area (Å²) in [5.74, 6) is 0.624. The van der Waals surface area contributed by atoms with Crippen LogP contribution in [-0.2, 0) is 4.79 Å². The molecule has 0 saturated carbocycles. The van der Waals surface area contributed by atoms with E-state index in [2.05, 4.69) is 13.8 Å². The number of thioether (sulfide) groups is 1. The highest BCUT2D eigenvalue weighted by molar-refractivity contribution is 8.14. The summed E-state index contributed by atoms with van der Waals surface area (Å²) in [5.41, 5.74) is 0. The van der Waals surface area contributed by atoms with Crippen LogP contribution in [0.25, 0.3) is 0 Å². The molecule has 1 aliphatic heterocycles. The fourth-order valence-electron chi connectivity index (χ4n) is 1.48. The molecule has 0 aromatic carbocycles. The molecule has 0 amide bonds. The van der Waals surface area contributed by atoms with Gasteiger partial charge in [-0.05, 0) is 12.3 Å². The van der Waals surface area contributed by atoms with Crippen molar-refractivity contribution in [2.24, 2.45) is 5.92 Å². The van der Waals surface area contributed by atoms with Gasteiger partial charge in [0.05, 0.1) is 0 Å². The normalized spacial score (nSPS) is 31.3. The SMILES string of the molecule is CCCC[C@@H]1SC(=O)C[C@H]1C. The minimum absolute atomic E-state index is 0.401. The van der Waals surface area contributed by atoms with Crippen LogP contribution in [0.3, 0.4) is 0 Å². The lowest BCUT2D eigenvalue weighted by Crippen LogP contribution is -2.06. The Labute approximate surface area is 72.9 Å². The van der Waals surface area contributed by atoms with Gasteiger partial charge in [-0.1, -0.05) is 38.5 Å². The van der Waals surface area contributed by atoms with E-state index in [1.165, 1.54) is 19.3 Å². The molecule has 2 heteroatoms. The van der Waals surface area contributed by atoms with E-state index in [1.54, 1.807) is 11.8 Å². The number of hydrogen-bond donors (Lipinski definition) is 0. The molecule has 1 rings (SSSR count). The second-order valence-electron chi connectivity index (χ2n) is 3.35. The Morgan fingerprint density at radius 1 is 1.64 bits per heavy atom. The van der Waals surface area contributed by atoms with Gasteiger partial charge >= 0.3 is 0 Å². The molecule has 0 unspecified atom stereocenters. The van der Waals surface area contributed by atoms with Gasteiger partial charge in [0.15, 0.2) is 5.12 Å². The van der Waals surface area contributed by atoms with Crippen molar-refractivity contribution >= 4 is 16.9 Å². The fourth-order valence-corrected chi connectivity index (χ4v) is 2.79. The van der Waals surface area contributed by atoms with Crippen LogP contribution in [-0.4, -0.2) is 10.4 Å². The van der Waals surface area contributed by atoms with Crippen molar-refractivity contribution < 1.29 is 4.79 Å². The summed E-state index contributed by atoms with van der Waals surface area (Å²) in [6.07, 6.45) is 4.56. The molecule has 0 N–H and O–H groups in total. The summed E-state index contributed by atoms with van der Waals surface area (Å²) in [7, 11) is 0. The highest BCUT2D eigenvalue weighted by Crippen LogP contribution is 2.36. The van der Waals surface area contributed by atoms with Crippen LogP contribution in [0.15, 0.2) is 0 Å². The second kappa shape index (κ2) is 4.15. The number of unbranched alkanes of at least 4 members (excludes halogenated alkanes) is 1. The summed E-state index contributed by atoms with van der Waals surface area (Å²) in [4.78, 5) is 11.0. The van der Waals surface area contributed by atoms with E-state index < -0.39 is 0 Å². The lowest BCUT2D eigenvalue weighted by molar-refractivity contribution is -0.110. The maximum absolute atomic E-state index is 11.0. The third kappa shape index (κ3) is 2.51. The highest BCUT2D eigenvalue weighted by atomic mass is 32.2. The van der Waals surface area contributed by atoms with Crippen LogP contribution in [0, 0.1) is 5.92 Å². The van der Waals surface area contributed by atoms with Gasteiger partial charge in [-0.3, -0.25) is 4.79 Å². The topological polar surface area (TPSA) is 17.1 Å². The molecule has 64 valence electrons. The van der Waals surface area contributed by atoms with Gasteiger partial charge in [-0.2, -0.15) is 0 Å². The molecule has 0 aromatic heterocycles. The molecule has 1 nitrogen and oxygen atoms in total. The van der Waals surface area contributed by atoms with Gasteiger partial charge in [0.1, 0.15) is 0 Å². The molecule has 0 spiro atoms. The Morgan fingerprint density at radius 3 is 2.82 bits per heavy atom. The predicted molar refractivity (Wildman–Crippen MR) is 49.7 cm³/mol. The molecule has 0 aliphatic carbocycles. The summed E-state index contributed by atoms with van der Waals surface area (Å²) in [6.45, 7) is 4.39. The van der Waals surface area contributed by atoms with Crippen LogP contribution < -0.4 is 0 Å². The van der Waals surface area contributed by atoms with Crippen LogP contribution in [0.4, 0.5) is 0 Å². The van der Waals surface area contributed by atoms with Crippen molar-refractivity contribution in [1.82, 2.24) is 0 Å². The number of carbonyl (C=O) groups excluding carboxylic acids is 1. The van der Waals surface area contributed by atoms with E-state index >= 15 is 0 Å². The Morgan fingerprint density at radius 2 is 2.36 bits per heavy atom. The lowest BCUT2D eigenvalue weighted by Gasteiger charge is -2.11. The lowest BCUT2D eigenvalue weighted by atomic mass is 10.0. The number of carbonyl (C=O) groups is 1. The first-order valence-electron chi connectivity index (χ1n) is 4.43. The fraction of sp³-hybridized carbons (Fsp3) is 0.889. The quantitative estimate of drug-likeness (QED) is 0.651. The Bertz CT molecular complexity index is 144. The Balaban J connectivity index is 2.28. The molecule has 0 radical (unpaired) electrons. The summed E-state index contributed by atoms with van der Waals surface area (Å²) in [5, 5.41) is 1.03. The van der Waals surface area contributed by atoms with Gasteiger partial charge in [-0.25, -0.2) is 0 Å². The highest BCUT2D eigenvalue weighted by Gasteiger charge is 2.29. The van der Waals surface area contributed by atoms with Crippen molar-refractivity contribution in [1.29, 1.82) is 0 Å². The van der Waals surface area contributed by atoms with Crippen molar-refractivity contribution in [3.05, 3.63) is 0 Å². The molecule has 1 fully saturated rings. The minimum atomic E-state index is 0.401. The average Bonchev–Trinajstić information content (AvgIpc) is 2.26.